The Morgan fingerprint density at radius 2 is 1.79 bits per heavy atom. The fraction of sp³-hybridized carbons (Fsp3) is 0.417. The van der Waals surface area contributed by atoms with Crippen LogP contribution in [-0.4, -0.2) is 46.5 Å². The average Bonchev–Trinajstić information content (AvgIpc) is 3.17. The maximum atomic E-state index is 13.0. The van der Waals surface area contributed by atoms with Gasteiger partial charge in [0.25, 0.3) is 0 Å². The van der Waals surface area contributed by atoms with Gasteiger partial charge in [-0.1, -0.05) is 30.3 Å². The van der Waals surface area contributed by atoms with Gasteiger partial charge in [0.15, 0.2) is 0 Å². The van der Waals surface area contributed by atoms with E-state index in [0.29, 0.717) is 12.5 Å². The molecule has 5 heteroatoms. The number of carbonyl (C=O) groups excluding carboxylic acids is 1. The van der Waals surface area contributed by atoms with Gasteiger partial charge in [-0.2, -0.15) is 0 Å². The molecule has 1 fully saturated rings. The van der Waals surface area contributed by atoms with Crippen LogP contribution in [0.25, 0.3) is 11.0 Å². The molecule has 1 saturated heterocycles. The summed E-state index contributed by atoms with van der Waals surface area (Å²) < 4.78 is 2.28. The molecule has 0 atom stereocenters. The predicted octanol–water partition coefficient (Wildman–Crippen LogP) is 3.73. The first-order chi connectivity index (χ1) is 14.3. The summed E-state index contributed by atoms with van der Waals surface area (Å²) in [6.07, 6.45) is 6.37. The molecule has 3 aromatic rings. The summed E-state index contributed by atoms with van der Waals surface area (Å²) in [4.78, 5) is 21.8. The minimum Gasteiger partial charge on any atom is -0.330 e. The summed E-state index contributed by atoms with van der Waals surface area (Å²) in [6.45, 7) is 4.40. The molecule has 0 unspecified atom stereocenters. The van der Waals surface area contributed by atoms with Crippen LogP contribution in [0.2, 0.25) is 0 Å². The van der Waals surface area contributed by atoms with E-state index in [1.165, 1.54) is 11.1 Å². The standard InChI is InChI=1S/C24H28N4O/c29-24(28-13-5-7-20-6-1-3-9-22(20)28)17-26-14-11-19(12-15-26)16-27-18-25-21-8-2-4-10-23(21)27/h1-4,6,8-10,18-19H,5,7,11-17H2. The first-order valence-corrected chi connectivity index (χ1v) is 10.8. The Labute approximate surface area is 171 Å². The Kier molecular flexibility index (Phi) is 5.06. The number of aryl methyl sites for hydroxylation is 1. The predicted molar refractivity (Wildman–Crippen MR) is 116 cm³/mol. The van der Waals surface area contributed by atoms with E-state index in [1.54, 1.807) is 0 Å². The SMILES string of the molecule is O=C(CN1CCC(Cn2cnc3ccccc32)CC1)N1CCCc2ccccc21. The van der Waals surface area contributed by atoms with E-state index in [1.807, 2.05) is 23.4 Å². The van der Waals surface area contributed by atoms with Gasteiger partial charge < -0.3 is 9.47 Å². The van der Waals surface area contributed by atoms with Crippen LogP contribution in [0.3, 0.4) is 0 Å². The second kappa shape index (κ2) is 7.99. The second-order valence-corrected chi connectivity index (χ2v) is 8.38. The van der Waals surface area contributed by atoms with E-state index < -0.39 is 0 Å². The largest absolute Gasteiger partial charge is 0.330 e. The van der Waals surface area contributed by atoms with Gasteiger partial charge in [0.05, 0.1) is 23.9 Å². The zero-order chi connectivity index (χ0) is 19.6. The van der Waals surface area contributed by atoms with E-state index in [2.05, 4.69) is 50.8 Å². The summed E-state index contributed by atoms with van der Waals surface area (Å²) in [5.41, 5.74) is 4.70. The molecular weight excluding hydrogens is 360 g/mol. The lowest BCUT2D eigenvalue weighted by Gasteiger charge is -2.35. The Hall–Kier alpha value is -2.66. The van der Waals surface area contributed by atoms with E-state index in [9.17, 15) is 4.79 Å². The fourth-order valence-corrected chi connectivity index (χ4v) is 4.83. The molecule has 2 aliphatic heterocycles. The second-order valence-electron chi connectivity index (χ2n) is 8.38. The Morgan fingerprint density at radius 1 is 1.00 bits per heavy atom. The van der Waals surface area contributed by atoms with Gasteiger partial charge in [0, 0.05) is 18.8 Å². The highest BCUT2D eigenvalue weighted by Gasteiger charge is 2.26. The molecule has 5 rings (SSSR count). The number of amides is 1. The van der Waals surface area contributed by atoms with Gasteiger partial charge in [0.2, 0.25) is 5.91 Å². The summed E-state index contributed by atoms with van der Waals surface area (Å²) in [5.74, 6) is 0.894. The summed E-state index contributed by atoms with van der Waals surface area (Å²) in [5, 5.41) is 0. The smallest absolute Gasteiger partial charge is 0.241 e. The highest BCUT2D eigenvalue weighted by molar-refractivity contribution is 5.96. The van der Waals surface area contributed by atoms with Crippen LogP contribution in [0, 0.1) is 5.92 Å². The van der Waals surface area contributed by atoms with E-state index in [4.69, 9.17) is 0 Å². The van der Waals surface area contributed by atoms with Crippen LogP contribution in [0.15, 0.2) is 54.9 Å². The van der Waals surface area contributed by atoms with Crippen molar-refractivity contribution in [3.63, 3.8) is 0 Å². The normalized spacial score (nSPS) is 18.1. The number of hydrogen-bond acceptors (Lipinski definition) is 3. The van der Waals surface area contributed by atoms with Gasteiger partial charge in [-0.15, -0.1) is 0 Å². The molecule has 0 spiro atoms. The van der Waals surface area contributed by atoms with Gasteiger partial charge in [-0.25, -0.2) is 4.98 Å². The zero-order valence-corrected chi connectivity index (χ0v) is 16.8. The van der Waals surface area contributed by atoms with Crippen LogP contribution in [0.4, 0.5) is 5.69 Å². The minimum atomic E-state index is 0.246. The summed E-state index contributed by atoms with van der Waals surface area (Å²) in [7, 11) is 0. The van der Waals surface area contributed by atoms with Crippen molar-refractivity contribution in [3.8, 4) is 0 Å². The van der Waals surface area contributed by atoms with Gasteiger partial charge in [-0.3, -0.25) is 9.69 Å². The third-order valence-electron chi connectivity index (χ3n) is 6.46. The third-order valence-corrected chi connectivity index (χ3v) is 6.46. The minimum absolute atomic E-state index is 0.246. The number of carbonyl (C=O) groups is 1. The summed E-state index contributed by atoms with van der Waals surface area (Å²) in [6, 6.07) is 16.7. The highest BCUT2D eigenvalue weighted by atomic mass is 16.2. The van der Waals surface area contributed by atoms with Crippen molar-refractivity contribution in [2.24, 2.45) is 5.92 Å². The van der Waals surface area contributed by atoms with E-state index >= 15 is 0 Å². The van der Waals surface area contributed by atoms with Crippen molar-refractivity contribution >= 4 is 22.6 Å². The number of anilines is 1. The number of likely N-dealkylation sites (tertiary alicyclic amines) is 1. The first-order valence-electron chi connectivity index (χ1n) is 10.8. The van der Waals surface area contributed by atoms with Crippen LogP contribution < -0.4 is 4.90 Å². The van der Waals surface area contributed by atoms with Gasteiger partial charge >= 0.3 is 0 Å². The third kappa shape index (κ3) is 3.79. The molecule has 150 valence electrons. The zero-order valence-electron chi connectivity index (χ0n) is 16.8. The molecule has 0 aliphatic carbocycles. The van der Waals surface area contributed by atoms with Crippen molar-refractivity contribution in [2.45, 2.75) is 32.2 Å². The van der Waals surface area contributed by atoms with Gasteiger partial charge in [0.1, 0.15) is 0 Å². The molecule has 0 saturated carbocycles. The van der Waals surface area contributed by atoms with Crippen LogP contribution >= 0.6 is 0 Å². The molecule has 2 aromatic carbocycles. The quantitative estimate of drug-likeness (QED) is 0.684. The Morgan fingerprint density at radius 3 is 2.69 bits per heavy atom. The topological polar surface area (TPSA) is 41.4 Å². The molecular formula is C24H28N4O. The molecule has 1 amide bonds. The van der Waals surface area contributed by atoms with E-state index in [0.717, 1.165) is 63.1 Å². The van der Waals surface area contributed by atoms with Crippen molar-refractivity contribution in [2.75, 3.05) is 31.1 Å². The summed E-state index contributed by atoms with van der Waals surface area (Å²) >= 11 is 0. The molecule has 29 heavy (non-hydrogen) atoms. The molecule has 1 aromatic heterocycles. The first kappa shape index (κ1) is 18.4. The number of rotatable bonds is 4. The number of aromatic nitrogens is 2. The average molecular weight is 389 g/mol. The molecule has 0 bridgehead atoms. The lowest BCUT2D eigenvalue weighted by atomic mass is 9.96. The molecule has 2 aliphatic rings. The Balaban J connectivity index is 1.17. The number of piperidine rings is 1. The number of benzene rings is 2. The van der Waals surface area contributed by atoms with Crippen LogP contribution in [-0.2, 0) is 17.8 Å². The monoisotopic (exact) mass is 388 g/mol. The molecule has 0 radical (unpaired) electrons. The number of para-hydroxylation sites is 3. The maximum Gasteiger partial charge on any atom is 0.241 e. The Bertz CT molecular complexity index is 1000. The van der Waals surface area contributed by atoms with Crippen LogP contribution in [0.1, 0.15) is 24.8 Å². The number of fused-ring (bicyclic) bond motifs is 2. The number of nitrogens with zero attached hydrogens (tertiary/aromatic N) is 4. The lowest BCUT2D eigenvalue weighted by Crippen LogP contribution is -2.45. The van der Waals surface area contributed by atoms with E-state index in [-0.39, 0.29) is 5.91 Å². The van der Waals surface area contributed by atoms with Crippen molar-refractivity contribution in [1.82, 2.24) is 14.5 Å². The van der Waals surface area contributed by atoms with Gasteiger partial charge in [-0.05, 0) is 68.5 Å². The lowest BCUT2D eigenvalue weighted by molar-refractivity contribution is -0.120. The molecule has 5 nitrogen and oxygen atoms in total. The molecule has 0 N–H and O–H groups in total. The van der Waals surface area contributed by atoms with Crippen molar-refractivity contribution in [3.05, 3.63) is 60.4 Å². The van der Waals surface area contributed by atoms with Crippen molar-refractivity contribution < 1.29 is 4.79 Å². The maximum absolute atomic E-state index is 13.0. The highest BCUT2D eigenvalue weighted by Crippen LogP contribution is 2.27. The van der Waals surface area contributed by atoms with Crippen molar-refractivity contribution in [1.29, 1.82) is 0 Å². The van der Waals surface area contributed by atoms with Crippen LogP contribution in [0.5, 0.6) is 0 Å². The molecule has 3 heterocycles. The number of hydrogen-bond donors (Lipinski definition) is 0. The number of imidazole rings is 1. The fourth-order valence-electron chi connectivity index (χ4n) is 4.83.